The molecule has 0 amide bonds. The van der Waals surface area contributed by atoms with Crippen molar-refractivity contribution in [2.24, 2.45) is 0 Å². The molecule has 1 aromatic heterocycles. The molecule has 0 aliphatic rings. The van der Waals surface area contributed by atoms with E-state index in [9.17, 15) is 11.0 Å². The minimum Gasteiger partial charge on any atom is -0.310 e. The third kappa shape index (κ3) is 6.14. The van der Waals surface area contributed by atoms with Crippen molar-refractivity contribution >= 4 is 38.9 Å². The zero-order valence-corrected chi connectivity index (χ0v) is 29.6. The standard InChI is InChI=1S/C54H38N2/c1-4-15-39(16-5-1)40-27-32-46(33-28-40)55(47-34-29-42(30-35-47)50-24-11-10-23-49(50)41-17-6-2-7-18-41)48-22-14-19-43(37-48)44-31-36-54-52(38-44)51-25-12-13-26-53(51)56(54)45-20-8-3-9-21-45/h1-38H/i2D,6D,7D,10D,11D,14D,17D,18D,19D,22D,24D,29D,30D,34D,35D,37D. The summed E-state index contributed by atoms with van der Waals surface area (Å²) in [7, 11) is 0. The van der Waals surface area contributed by atoms with E-state index in [-0.39, 0.29) is 22.5 Å². The van der Waals surface area contributed by atoms with Crippen molar-refractivity contribution in [2.75, 3.05) is 4.90 Å². The molecule has 0 bridgehead atoms. The maximum atomic E-state index is 9.96. The van der Waals surface area contributed by atoms with Crippen molar-refractivity contribution in [3.63, 3.8) is 0 Å². The summed E-state index contributed by atoms with van der Waals surface area (Å²) in [6, 6.07) is 29.3. The molecule has 0 saturated heterocycles. The Morgan fingerprint density at radius 2 is 1.00 bits per heavy atom. The van der Waals surface area contributed by atoms with Gasteiger partial charge in [-0.1, -0.05) is 164 Å². The highest BCUT2D eigenvalue weighted by molar-refractivity contribution is 6.10. The molecule has 264 valence electrons. The molecule has 0 fully saturated rings. The molecule has 0 aliphatic carbocycles. The van der Waals surface area contributed by atoms with Crippen molar-refractivity contribution in [3.8, 4) is 50.2 Å². The van der Waals surface area contributed by atoms with Gasteiger partial charge in [-0.25, -0.2) is 0 Å². The number of nitrogens with zero attached hydrogens (tertiary/aromatic N) is 2. The van der Waals surface area contributed by atoms with Gasteiger partial charge in [-0.2, -0.15) is 0 Å². The van der Waals surface area contributed by atoms with Crippen LogP contribution in [0.1, 0.15) is 21.9 Å². The molecule has 9 aromatic carbocycles. The summed E-state index contributed by atoms with van der Waals surface area (Å²) in [5, 5.41) is 1.66. The van der Waals surface area contributed by atoms with Crippen LogP contribution in [-0.2, 0) is 0 Å². The Labute approximate surface area is 350 Å². The van der Waals surface area contributed by atoms with Crippen molar-refractivity contribution in [1.29, 1.82) is 0 Å². The molecule has 0 radical (unpaired) electrons. The zero-order valence-electron chi connectivity index (χ0n) is 45.6. The number of para-hydroxylation sites is 2. The number of aromatic nitrogens is 1. The molecule has 0 unspecified atom stereocenters. The van der Waals surface area contributed by atoms with Gasteiger partial charge in [0.25, 0.3) is 0 Å². The first-order valence-electron chi connectivity index (χ1n) is 25.9. The molecule has 10 rings (SSSR count). The molecule has 0 saturated carbocycles. The van der Waals surface area contributed by atoms with E-state index in [4.69, 9.17) is 11.0 Å². The largest absolute Gasteiger partial charge is 0.310 e. The maximum Gasteiger partial charge on any atom is 0.0651 e. The summed E-state index contributed by atoms with van der Waals surface area (Å²) >= 11 is 0. The summed E-state index contributed by atoms with van der Waals surface area (Å²) in [5.41, 5.74) is 2.00. The Kier molecular flexibility index (Phi) is 5.23. The number of rotatable bonds is 8. The van der Waals surface area contributed by atoms with Crippen molar-refractivity contribution < 1.29 is 21.9 Å². The first kappa shape index (κ1) is 20.3. The third-order valence-corrected chi connectivity index (χ3v) is 9.64. The van der Waals surface area contributed by atoms with Gasteiger partial charge < -0.3 is 9.47 Å². The van der Waals surface area contributed by atoms with Gasteiger partial charge in [0.15, 0.2) is 0 Å². The van der Waals surface area contributed by atoms with Gasteiger partial charge in [0.1, 0.15) is 0 Å². The van der Waals surface area contributed by atoms with Gasteiger partial charge in [-0.15, -0.1) is 0 Å². The number of fused-ring (bicyclic) bond motifs is 3. The topological polar surface area (TPSA) is 8.17 Å². The molecule has 0 N–H and O–H groups in total. The van der Waals surface area contributed by atoms with Crippen LogP contribution < -0.4 is 4.90 Å². The quantitative estimate of drug-likeness (QED) is 0.151. The van der Waals surface area contributed by atoms with Crippen molar-refractivity contribution in [1.82, 2.24) is 4.57 Å². The van der Waals surface area contributed by atoms with Crippen LogP contribution >= 0.6 is 0 Å². The summed E-state index contributed by atoms with van der Waals surface area (Å²) < 4.78 is 147. The Bertz CT molecular complexity index is 3820. The van der Waals surface area contributed by atoms with E-state index >= 15 is 0 Å². The molecule has 0 aliphatic heterocycles. The molecule has 56 heavy (non-hydrogen) atoms. The zero-order chi connectivity index (χ0) is 51.2. The highest BCUT2D eigenvalue weighted by atomic mass is 15.1. The number of anilines is 3. The smallest absolute Gasteiger partial charge is 0.0651 e. The molecule has 2 nitrogen and oxygen atoms in total. The van der Waals surface area contributed by atoms with Crippen LogP contribution in [0.4, 0.5) is 17.1 Å². The summed E-state index contributed by atoms with van der Waals surface area (Å²) in [5.74, 6) is 0. The predicted octanol–water partition coefficient (Wildman–Crippen LogP) is 14.9. The predicted molar refractivity (Wildman–Crippen MR) is 237 cm³/mol. The molecule has 10 aromatic rings. The summed E-state index contributed by atoms with van der Waals surface area (Å²) in [6.07, 6.45) is 0. The average molecular weight is 731 g/mol. The van der Waals surface area contributed by atoms with E-state index in [1.807, 2.05) is 97.1 Å². The summed E-state index contributed by atoms with van der Waals surface area (Å²) in [4.78, 5) is 1.19. The monoisotopic (exact) mass is 730 g/mol. The van der Waals surface area contributed by atoms with Crippen LogP contribution in [0, 0.1) is 0 Å². The fourth-order valence-corrected chi connectivity index (χ4v) is 7.05. The Hall–Kier alpha value is -7.42. The van der Waals surface area contributed by atoms with Gasteiger partial charge in [0.05, 0.1) is 33.0 Å². The van der Waals surface area contributed by atoms with Crippen molar-refractivity contribution in [3.05, 3.63) is 230 Å². The van der Waals surface area contributed by atoms with E-state index in [0.717, 1.165) is 44.7 Å². The van der Waals surface area contributed by atoms with Crippen LogP contribution in [-0.4, -0.2) is 4.57 Å². The van der Waals surface area contributed by atoms with Crippen LogP contribution in [0.15, 0.2) is 230 Å². The molecule has 0 spiro atoms. The van der Waals surface area contributed by atoms with E-state index in [1.54, 1.807) is 30.3 Å². The van der Waals surface area contributed by atoms with E-state index in [0.29, 0.717) is 5.56 Å². The average Bonchev–Trinajstić information content (AvgIpc) is 3.72. The highest BCUT2D eigenvalue weighted by Gasteiger charge is 2.17. The number of hydrogen-bond acceptors (Lipinski definition) is 1. The minimum atomic E-state index is -0.794. The molecule has 2 heteroatoms. The molecule has 1 heterocycles. The number of benzene rings is 9. The van der Waals surface area contributed by atoms with Crippen LogP contribution in [0.3, 0.4) is 0 Å². The lowest BCUT2D eigenvalue weighted by molar-refractivity contribution is 1.18. The second-order valence-electron chi connectivity index (χ2n) is 12.9. The van der Waals surface area contributed by atoms with E-state index in [1.165, 1.54) is 4.90 Å². The fourth-order valence-electron chi connectivity index (χ4n) is 7.05. The summed E-state index contributed by atoms with van der Waals surface area (Å²) in [6.45, 7) is 0. The van der Waals surface area contributed by atoms with Gasteiger partial charge in [0.2, 0.25) is 0 Å². The van der Waals surface area contributed by atoms with Crippen molar-refractivity contribution in [2.45, 2.75) is 0 Å². The molecular weight excluding hydrogens is 677 g/mol. The van der Waals surface area contributed by atoms with Gasteiger partial charge in [-0.05, 0) is 111 Å². The third-order valence-electron chi connectivity index (χ3n) is 9.64. The van der Waals surface area contributed by atoms with E-state index < -0.39 is 119 Å². The highest BCUT2D eigenvalue weighted by Crippen LogP contribution is 2.41. The van der Waals surface area contributed by atoms with Gasteiger partial charge in [0, 0.05) is 33.5 Å². The lowest BCUT2D eigenvalue weighted by Crippen LogP contribution is -2.10. The maximum absolute atomic E-state index is 9.96. The Morgan fingerprint density at radius 3 is 1.80 bits per heavy atom. The number of hydrogen-bond donors (Lipinski definition) is 0. The van der Waals surface area contributed by atoms with Crippen LogP contribution in [0.2, 0.25) is 0 Å². The first-order chi connectivity index (χ1) is 34.4. The second-order valence-corrected chi connectivity index (χ2v) is 12.9. The first-order valence-corrected chi connectivity index (χ1v) is 17.9. The molecule has 0 atom stereocenters. The van der Waals surface area contributed by atoms with E-state index in [2.05, 4.69) is 4.57 Å². The van der Waals surface area contributed by atoms with Gasteiger partial charge >= 0.3 is 0 Å². The SMILES string of the molecule is [2H]c1cc(-c2c([2H])c([2H])c([2H])c([2H])c2[2H])c(-c2c([2H])c([2H])c(N(c3ccc(-c4ccccc4)cc3)c3c([2H])c([2H])c([2H])c(-c4ccc5c(c4)c4ccccc4n5-c4ccccc4)c3[2H])c([2H])c2[2H])c([2H])c1[2H]. The normalized spacial score (nSPS) is 15.2. The lowest BCUT2D eigenvalue weighted by Gasteiger charge is -2.26. The molecular formula is C54H38N2. The van der Waals surface area contributed by atoms with Crippen LogP contribution in [0.5, 0.6) is 0 Å². The lowest BCUT2D eigenvalue weighted by atomic mass is 9.94. The minimum absolute atomic E-state index is 0.0391. The van der Waals surface area contributed by atoms with Crippen LogP contribution in [0.25, 0.3) is 72.0 Å². The Balaban J connectivity index is 1.25. The fraction of sp³-hybridized carbons (Fsp3) is 0. The van der Waals surface area contributed by atoms with Gasteiger partial charge in [-0.3, -0.25) is 0 Å². The Morgan fingerprint density at radius 1 is 0.357 bits per heavy atom. The second kappa shape index (κ2) is 14.4.